The molecule has 1 aromatic heterocycles. The summed E-state index contributed by atoms with van der Waals surface area (Å²) >= 11 is 5.54. The van der Waals surface area contributed by atoms with Gasteiger partial charge in [-0.05, 0) is 17.3 Å². The number of nitrogens with zero attached hydrogens (tertiary/aromatic N) is 4. The number of aromatic amines is 1. The number of phenolic OH excluding ortho intramolecular Hbond substituents is 1. The van der Waals surface area contributed by atoms with Crippen LogP contribution in [0.4, 0.5) is 10.1 Å². The molecule has 19 heavy (non-hydrogen) atoms. The average Bonchev–Trinajstić information content (AvgIpc) is 2.93. The van der Waals surface area contributed by atoms with E-state index >= 15 is 0 Å². The molecule has 0 bridgehead atoms. The van der Waals surface area contributed by atoms with Crippen molar-refractivity contribution in [3.05, 3.63) is 35.0 Å². The second kappa shape index (κ2) is 5.32. The summed E-state index contributed by atoms with van der Waals surface area (Å²) in [6, 6.07) is 4.33. The minimum atomic E-state index is -0.830. The number of allylic oxidation sites excluding steroid dienone is 1. The Hall–Kier alpha value is -2.66. The number of halogens is 2. The van der Waals surface area contributed by atoms with Crippen LogP contribution in [-0.2, 0) is 0 Å². The first-order valence-electron chi connectivity index (χ1n) is 4.91. The van der Waals surface area contributed by atoms with Gasteiger partial charge in [0, 0.05) is 6.20 Å². The molecule has 1 aromatic carbocycles. The maximum atomic E-state index is 13.6. The van der Waals surface area contributed by atoms with Crippen LogP contribution in [0.5, 0.6) is 5.75 Å². The second-order valence-corrected chi connectivity index (χ2v) is 3.69. The Bertz CT molecular complexity index is 663. The average molecular weight is 281 g/mol. The summed E-state index contributed by atoms with van der Waals surface area (Å²) in [5.74, 6) is -1.13. The Morgan fingerprint density at radius 1 is 1.58 bits per heavy atom. The van der Waals surface area contributed by atoms with E-state index in [1.807, 2.05) is 6.07 Å². The number of rotatable bonds is 3. The minimum absolute atomic E-state index is 0.000884. The molecule has 0 saturated heterocycles. The highest BCUT2D eigenvalue weighted by Crippen LogP contribution is 2.31. The topological polar surface area (TPSA) is 111 Å². The van der Waals surface area contributed by atoms with Crippen molar-refractivity contribution in [3.8, 4) is 11.8 Å². The second-order valence-electron chi connectivity index (χ2n) is 3.31. The summed E-state index contributed by atoms with van der Waals surface area (Å²) < 4.78 is 13.6. The van der Waals surface area contributed by atoms with Crippen molar-refractivity contribution in [2.75, 3.05) is 5.32 Å². The van der Waals surface area contributed by atoms with Crippen LogP contribution in [-0.4, -0.2) is 25.7 Å². The van der Waals surface area contributed by atoms with E-state index in [0.717, 1.165) is 0 Å². The number of hydrogen-bond donors (Lipinski definition) is 3. The van der Waals surface area contributed by atoms with Gasteiger partial charge in [-0.1, -0.05) is 11.6 Å². The zero-order valence-electron chi connectivity index (χ0n) is 9.22. The molecular weight excluding hydrogens is 275 g/mol. The Kier molecular flexibility index (Phi) is 3.58. The summed E-state index contributed by atoms with van der Waals surface area (Å²) in [5, 5.41) is 33.0. The van der Waals surface area contributed by atoms with Gasteiger partial charge in [0.2, 0.25) is 5.82 Å². The lowest BCUT2D eigenvalue weighted by atomic mass is 10.2. The first kappa shape index (κ1) is 12.8. The number of aromatic hydroxyl groups is 1. The zero-order chi connectivity index (χ0) is 13.8. The first-order chi connectivity index (χ1) is 9.13. The molecule has 9 heteroatoms. The van der Waals surface area contributed by atoms with E-state index in [1.54, 1.807) is 0 Å². The number of anilines is 1. The molecule has 0 aliphatic heterocycles. The van der Waals surface area contributed by atoms with Crippen molar-refractivity contribution in [2.24, 2.45) is 0 Å². The molecule has 0 radical (unpaired) electrons. The van der Waals surface area contributed by atoms with E-state index < -0.39 is 10.8 Å². The van der Waals surface area contributed by atoms with E-state index in [0.29, 0.717) is 0 Å². The van der Waals surface area contributed by atoms with Crippen LogP contribution in [0.2, 0.25) is 5.02 Å². The molecule has 3 N–H and O–H groups in total. The maximum Gasteiger partial charge on any atom is 0.216 e. The van der Waals surface area contributed by atoms with Crippen LogP contribution >= 0.6 is 11.6 Å². The predicted octanol–water partition coefficient (Wildman–Crippen LogP) is 1.67. The molecule has 0 atom stereocenters. The van der Waals surface area contributed by atoms with Gasteiger partial charge in [-0.2, -0.15) is 10.5 Å². The fourth-order valence-electron chi connectivity index (χ4n) is 1.22. The number of tetrazole rings is 1. The van der Waals surface area contributed by atoms with Gasteiger partial charge in [0.25, 0.3) is 0 Å². The standard InChI is InChI=1S/C10H6ClFN6O/c11-8-7(19)2-1-6(9(8)12)14-4-5(3-13)10-15-17-18-16-10/h1-2,4,14,19H,(H,15,16,17,18). The quantitative estimate of drug-likeness (QED) is 0.583. The molecule has 0 aliphatic carbocycles. The summed E-state index contributed by atoms with van der Waals surface area (Å²) in [6.45, 7) is 0. The van der Waals surface area contributed by atoms with Gasteiger partial charge >= 0.3 is 0 Å². The Labute approximate surface area is 111 Å². The zero-order valence-corrected chi connectivity index (χ0v) is 9.98. The van der Waals surface area contributed by atoms with Crippen molar-refractivity contribution in [3.63, 3.8) is 0 Å². The van der Waals surface area contributed by atoms with Crippen molar-refractivity contribution in [2.45, 2.75) is 0 Å². The first-order valence-corrected chi connectivity index (χ1v) is 5.29. The third kappa shape index (κ3) is 2.61. The molecule has 0 saturated carbocycles. The number of nitriles is 1. The van der Waals surface area contributed by atoms with E-state index in [-0.39, 0.29) is 22.8 Å². The minimum Gasteiger partial charge on any atom is -0.506 e. The van der Waals surface area contributed by atoms with Gasteiger partial charge in [-0.25, -0.2) is 4.39 Å². The van der Waals surface area contributed by atoms with E-state index in [9.17, 15) is 9.50 Å². The van der Waals surface area contributed by atoms with Crippen molar-refractivity contribution in [1.29, 1.82) is 5.26 Å². The molecule has 96 valence electrons. The van der Waals surface area contributed by atoms with E-state index in [4.69, 9.17) is 16.9 Å². The third-order valence-corrected chi connectivity index (χ3v) is 2.50. The molecule has 0 spiro atoms. The molecule has 2 rings (SSSR count). The maximum absolute atomic E-state index is 13.6. The fraction of sp³-hybridized carbons (Fsp3) is 0. The normalized spacial score (nSPS) is 11.1. The lowest BCUT2D eigenvalue weighted by Crippen LogP contribution is -1.96. The molecule has 0 unspecified atom stereocenters. The van der Waals surface area contributed by atoms with Gasteiger partial charge in [0.15, 0.2) is 5.82 Å². The predicted molar refractivity (Wildman–Crippen MR) is 64.5 cm³/mol. The van der Waals surface area contributed by atoms with E-state index in [2.05, 4.69) is 25.9 Å². The highest BCUT2D eigenvalue weighted by atomic mass is 35.5. The number of nitrogens with one attached hydrogen (secondary N) is 2. The number of aromatic nitrogens is 4. The Balaban J connectivity index is 2.28. The van der Waals surface area contributed by atoms with Crippen LogP contribution in [0.15, 0.2) is 18.3 Å². The number of hydrogen-bond acceptors (Lipinski definition) is 6. The lowest BCUT2D eigenvalue weighted by Gasteiger charge is -2.05. The van der Waals surface area contributed by atoms with Crippen LogP contribution in [0.1, 0.15) is 5.82 Å². The van der Waals surface area contributed by atoms with Crippen LogP contribution < -0.4 is 5.32 Å². The third-order valence-electron chi connectivity index (χ3n) is 2.14. The molecule has 0 aliphatic rings. The molecule has 0 fully saturated rings. The smallest absolute Gasteiger partial charge is 0.216 e. The van der Waals surface area contributed by atoms with Crippen molar-refractivity contribution in [1.82, 2.24) is 20.6 Å². The number of phenols is 1. The van der Waals surface area contributed by atoms with Gasteiger partial charge < -0.3 is 10.4 Å². The van der Waals surface area contributed by atoms with Gasteiger partial charge in [-0.3, -0.25) is 0 Å². The van der Waals surface area contributed by atoms with Gasteiger partial charge in [0.05, 0.1) is 5.69 Å². The summed E-state index contributed by atoms with van der Waals surface area (Å²) in [4.78, 5) is 0. The van der Waals surface area contributed by atoms with Crippen LogP contribution in [0.25, 0.3) is 5.57 Å². The van der Waals surface area contributed by atoms with Gasteiger partial charge in [0.1, 0.15) is 22.4 Å². The molecule has 7 nitrogen and oxygen atoms in total. The Morgan fingerprint density at radius 3 is 3.00 bits per heavy atom. The SMILES string of the molecule is N#CC(=CNc1ccc(O)c(Cl)c1F)c1nn[nH]n1. The Morgan fingerprint density at radius 2 is 2.37 bits per heavy atom. The highest BCUT2D eigenvalue weighted by Gasteiger charge is 2.11. The molecule has 0 amide bonds. The monoisotopic (exact) mass is 280 g/mol. The van der Waals surface area contributed by atoms with Crippen LogP contribution in [0.3, 0.4) is 0 Å². The number of benzene rings is 1. The summed E-state index contributed by atoms with van der Waals surface area (Å²) in [5.41, 5.74) is 0.0522. The van der Waals surface area contributed by atoms with Gasteiger partial charge in [-0.15, -0.1) is 10.2 Å². The lowest BCUT2D eigenvalue weighted by molar-refractivity contribution is 0.470. The fourth-order valence-corrected chi connectivity index (χ4v) is 1.39. The number of H-pyrrole nitrogens is 1. The summed E-state index contributed by atoms with van der Waals surface area (Å²) in [7, 11) is 0. The molecule has 2 aromatic rings. The highest BCUT2D eigenvalue weighted by molar-refractivity contribution is 6.32. The largest absolute Gasteiger partial charge is 0.506 e. The van der Waals surface area contributed by atoms with Crippen LogP contribution in [0, 0.1) is 17.1 Å². The van der Waals surface area contributed by atoms with Crippen molar-refractivity contribution >= 4 is 22.9 Å². The van der Waals surface area contributed by atoms with Crippen molar-refractivity contribution < 1.29 is 9.50 Å². The molecular formula is C10H6ClFN6O. The summed E-state index contributed by atoms with van der Waals surface area (Å²) in [6.07, 6.45) is 1.21. The molecule has 1 heterocycles. The van der Waals surface area contributed by atoms with E-state index in [1.165, 1.54) is 18.3 Å².